The molecule has 1 saturated carbocycles. The third-order valence-electron chi connectivity index (χ3n) is 4.69. The molecule has 1 heterocycles. The van der Waals surface area contributed by atoms with Gasteiger partial charge in [-0.3, -0.25) is 0 Å². The number of nitrogens with two attached hydrogens (primary N) is 1. The molecule has 3 rings (SSSR count). The number of benzene rings is 1. The standard InChI is InChI=1S/C17H22F3N3O/c18-17(19,20)14-3-1-12(2-4-14)11-24-22-16(21)13-7-9-23(10-8-13)15-5-6-15/h1-4,13,15H,5-11H2,(H2,21,22). The van der Waals surface area contributed by atoms with Crippen molar-refractivity contribution in [3.8, 4) is 0 Å². The topological polar surface area (TPSA) is 50.9 Å². The lowest BCUT2D eigenvalue weighted by Crippen LogP contribution is -2.39. The summed E-state index contributed by atoms with van der Waals surface area (Å²) in [5, 5.41) is 3.95. The minimum absolute atomic E-state index is 0.111. The van der Waals surface area contributed by atoms with E-state index in [1.54, 1.807) is 0 Å². The van der Waals surface area contributed by atoms with Crippen LogP contribution in [0.3, 0.4) is 0 Å². The van der Waals surface area contributed by atoms with Crippen molar-refractivity contribution in [3.63, 3.8) is 0 Å². The number of nitrogens with zero attached hydrogens (tertiary/aromatic N) is 2. The van der Waals surface area contributed by atoms with Gasteiger partial charge in [-0.1, -0.05) is 17.3 Å². The van der Waals surface area contributed by atoms with E-state index in [1.807, 2.05) is 0 Å². The Kier molecular flexibility index (Phi) is 4.99. The predicted molar refractivity (Wildman–Crippen MR) is 85.2 cm³/mol. The summed E-state index contributed by atoms with van der Waals surface area (Å²) >= 11 is 0. The third-order valence-corrected chi connectivity index (χ3v) is 4.69. The number of likely N-dealkylation sites (tertiary alicyclic amines) is 1. The Hall–Kier alpha value is -1.76. The van der Waals surface area contributed by atoms with Gasteiger partial charge in [0.15, 0.2) is 0 Å². The number of rotatable bonds is 5. The van der Waals surface area contributed by atoms with Gasteiger partial charge in [-0.25, -0.2) is 0 Å². The Labute approximate surface area is 139 Å². The Bertz CT molecular complexity index is 574. The number of oxime groups is 1. The van der Waals surface area contributed by atoms with E-state index in [2.05, 4.69) is 10.1 Å². The fraction of sp³-hybridized carbons (Fsp3) is 0.588. The lowest BCUT2D eigenvalue weighted by Gasteiger charge is -2.31. The molecule has 0 aromatic heterocycles. The Balaban J connectivity index is 1.45. The van der Waals surface area contributed by atoms with Crippen LogP contribution in [-0.2, 0) is 17.6 Å². The zero-order valence-corrected chi connectivity index (χ0v) is 13.4. The highest BCUT2D eigenvalue weighted by atomic mass is 19.4. The van der Waals surface area contributed by atoms with Crippen LogP contribution < -0.4 is 5.73 Å². The maximum Gasteiger partial charge on any atom is 0.416 e. The summed E-state index contributed by atoms with van der Waals surface area (Å²) in [6, 6.07) is 5.64. The van der Waals surface area contributed by atoms with Crippen LogP contribution in [0.15, 0.2) is 29.4 Å². The molecular weight excluding hydrogens is 319 g/mol. The van der Waals surface area contributed by atoms with Gasteiger partial charge < -0.3 is 15.5 Å². The van der Waals surface area contributed by atoms with Crippen molar-refractivity contribution in [2.24, 2.45) is 16.8 Å². The zero-order valence-electron chi connectivity index (χ0n) is 13.4. The van der Waals surface area contributed by atoms with Crippen LogP contribution >= 0.6 is 0 Å². The number of halogens is 3. The molecule has 0 unspecified atom stereocenters. The molecule has 1 aromatic rings. The zero-order chi connectivity index (χ0) is 17.2. The van der Waals surface area contributed by atoms with Crippen LogP contribution in [0.2, 0.25) is 0 Å². The Morgan fingerprint density at radius 3 is 2.29 bits per heavy atom. The molecule has 24 heavy (non-hydrogen) atoms. The van der Waals surface area contributed by atoms with E-state index >= 15 is 0 Å². The first-order valence-corrected chi connectivity index (χ1v) is 8.29. The molecule has 0 bridgehead atoms. The summed E-state index contributed by atoms with van der Waals surface area (Å²) in [4.78, 5) is 7.72. The van der Waals surface area contributed by atoms with E-state index in [-0.39, 0.29) is 12.5 Å². The molecule has 0 amide bonds. The van der Waals surface area contributed by atoms with Gasteiger partial charge in [-0.05, 0) is 56.5 Å². The van der Waals surface area contributed by atoms with Gasteiger partial charge in [0.1, 0.15) is 12.4 Å². The van der Waals surface area contributed by atoms with E-state index in [0.29, 0.717) is 11.4 Å². The van der Waals surface area contributed by atoms with Gasteiger partial charge in [0.25, 0.3) is 0 Å². The second kappa shape index (κ2) is 7.01. The molecule has 1 aliphatic carbocycles. The molecule has 0 atom stereocenters. The third kappa shape index (κ3) is 4.41. The SMILES string of the molecule is N/C(=N\OCc1ccc(C(F)(F)F)cc1)C1CCN(C2CC2)CC1. The van der Waals surface area contributed by atoms with E-state index < -0.39 is 11.7 Å². The maximum atomic E-state index is 12.5. The highest BCUT2D eigenvalue weighted by Gasteiger charge is 2.33. The van der Waals surface area contributed by atoms with Gasteiger partial charge in [0, 0.05) is 12.0 Å². The van der Waals surface area contributed by atoms with Crippen LogP contribution in [-0.4, -0.2) is 29.9 Å². The lowest BCUT2D eigenvalue weighted by molar-refractivity contribution is -0.137. The highest BCUT2D eigenvalue weighted by molar-refractivity contribution is 5.82. The number of amidine groups is 1. The minimum atomic E-state index is -4.32. The molecule has 1 saturated heterocycles. The van der Waals surface area contributed by atoms with Crippen molar-refractivity contribution in [1.29, 1.82) is 0 Å². The largest absolute Gasteiger partial charge is 0.416 e. The highest BCUT2D eigenvalue weighted by Crippen LogP contribution is 2.31. The van der Waals surface area contributed by atoms with Crippen LogP contribution in [0, 0.1) is 5.92 Å². The van der Waals surface area contributed by atoms with E-state index in [0.717, 1.165) is 44.1 Å². The summed E-state index contributed by atoms with van der Waals surface area (Å²) in [5.41, 5.74) is 5.95. The van der Waals surface area contributed by atoms with Crippen LogP contribution in [0.25, 0.3) is 0 Å². The predicted octanol–water partition coefficient (Wildman–Crippen LogP) is 3.37. The fourth-order valence-corrected chi connectivity index (χ4v) is 3.05. The first-order valence-electron chi connectivity index (χ1n) is 8.29. The van der Waals surface area contributed by atoms with Gasteiger partial charge in [-0.15, -0.1) is 0 Å². The van der Waals surface area contributed by atoms with Gasteiger partial charge in [-0.2, -0.15) is 13.2 Å². The Morgan fingerprint density at radius 2 is 1.75 bits per heavy atom. The van der Waals surface area contributed by atoms with Crippen molar-refractivity contribution >= 4 is 5.84 Å². The van der Waals surface area contributed by atoms with Crippen molar-refractivity contribution in [2.75, 3.05) is 13.1 Å². The first kappa shape index (κ1) is 17.1. The van der Waals surface area contributed by atoms with Crippen molar-refractivity contribution in [3.05, 3.63) is 35.4 Å². The van der Waals surface area contributed by atoms with Gasteiger partial charge in [0.2, 0.25) is 0 Å². The average Bonchev–Trinajstić information content (AvgIpc) is 3.39. The fourth-order valence-electron chi connectivity index (χ4n) is 3.05. The summed E-state index contributed by atoms with van der Waals surface area (Å²) < 4.78 is 37.5. The molecule has 1 aromatic carbocycles. The van der Waals surface area contributed by atoms with Crippen LogP contribution in [0.1, 0.15) is 36.8 Å². The van der Waals surface area contributed by atoms with Gasteiger partial charge in [0.05, 0.1) is 5.56 Å². The summed E-state index contributed by atoms with van der Waals surface area (Å²) in [5.74, 6) is 0.713. The van der Waals surface area contributed by atoms with Crippen molar-refractivity contribution in [1.82, 2.24) is 4.90 Å². The summed E-state index contributed by atoms with van der Waals surface area (Å²) in [6.45, 7) is 2.20. The van der Waals surface area contributed by atoms with Crippen molar-refractivity contribution in [2.45, 2.75) is 44.5 Å². The quantitative estimate of drug-likeness (QED) is 0.507. The monoisotopic (exact) mass is 341 g/mol. The number of hydrogen-bond acceptors (Lipinski definition) is 3. The normalized spacial score (nSPS) is 21.0. The lowest BCUT2D eigenvalue weighted by atomic mass is 9.96. The second-order valence-electron chi connectivity index (χ2n) is 6.53. The molecule has 7 heteroatoms. The average molecular weight is 341 g/mol. The van der Waals surface area contributed by atoms with Crippen LogP contribution in [0.4, 0.5) is 13.2 Å². The van der Waals surface area contributed by atoms with E-state index in [9.17, 15) is 13.2 Å². The molecule has 1 aliphatic heterocycles. The minimum Gasteiger partial charge on any atom is -0.390 e. The van der Waals surface area contributed by atoms with Gasteiger partial charge >= 0.3 is 6.18 Å². The maximum absolute atomic E-state index is 12.5. The molecule has 2 N–H and O–H groups in total. The first-order chi connectivity index (χ1) is 11.4. The van der Waals surface area contributed by atoms with E-state index in [4.69, 9.17) is 10.6 Å². The van der Waals surface area contributed by atoms with Crippen molar-refractivity contribution < 1.29 is 18.0 Å². The summed E-state index contributed by atoms with van der Waals surface area (Å²) in [6.07, 6.45) is 0.261. The number of piperidine rings is 1. The molecular formula is C17H22F3N3O. The Morgan fingerprint density at radius 1 is 1.12 bits per heavy atom. The second-order valence-corrected chi connectivity index (χ2v) is 6.53. The molecule has 0 radical (unpaired) electrons. The smallest absolute Gasteiger partial charge is 0.390 e. The molecule has 132 valence electrons. The summed E-state index contributed by atoms with van der Waals surface area (Å²) in [7, 11) is 0. The molecule has 4 nitrogen and oxygen atoms in total. The number of hydrogen-bond donors (Lipinski definition) is 1. The molecule has 0 spiro atoms. The number of alkyl halides is 3. The van der Waals surface area contributed by atoms with Crippen LogP contribution in [0.5, 0.6) is 0 Å². The molecule has 2 fully saturated rings. The van der Waals surface area contributed by atoms with E-state index in [1.165, 1.54) is 25.0 Å². The molecule has 2 aliphatic rings.